The van der Waals surface area contributed by atoms with Crippen molar-refractivity contribution in [3.8, 4) is 0 Å². The van der Waals surface area contributed by atoms with E-state index in [1.165, 1.54) is 20.2 Å². The maximum Gasteiger partial charge on any atom is 0.339 e. The smallest absolute Gasteiger partial charge is 0.339 e. The van der Waals surface area contributed by atoms with Crippen molar-refractivity contribution in [1.82, 2.24) is 4.98 Å². The van der Waals surface area contributed by atoms with Crippen molar-refractivity contribution < 1.29 is 14.3 Å². The fourth-order valence-corrected chi connectivity index (χ4v) is 1.73. The molecule has 0 aliphatic carbocycles. The van der Waals surface area contributed by atoms with E-state index in [4.69, 9.17) is 4.74 Å². The molecule has 17 heavy (non-hydrogen) atoms. The summed E-state index contributed by atoms with van der Waals surface area (Å²) in [6, 6.07) is 7.15. The molecule has 0 N–H and O–H groups in total. The van der Waals surface area contributed by atoms with Crippen molar-refractivity contribution in [1.29, 1.82) is 0 Å². The first-order valence-corrected chi connectivity index (χ1v) is 5.12. The molecule has 0 aliphatic heterocycles. The first kappa shape index (κ1) is 11.3. The third-order valence-electron chi connectivity index (χ3n) is 2.54. The molecular formula is C13H11NO3. The van der Waals surface area contributed by atoms with Gasteiger partial charge < -0.3 is 4.74 Å². The molecule has 4 heteroatoms. The Kier molecular flexibility index (Phi) is 2.87. The van der Waals surface area contributed by atoms with Gasteiger partial charge in [-0.05, 0) is 13.0 Å². The lowest BCUT2D eigenvalue weighted by Gasteiger charge is -2.08. The Morgan fingerprint density at radius 1 is 1.24 bits per heavy atom. The number of hydrogen-bond donors (Lipinski definition) is 0. The second kappa shape index (κ2) is 4.33. The molecule has 0 amide bonds. The van der Waals surface area contributed by atoms with E-state index in [-0.39, 0.29) is 16.9 Å². The number of ketones is 1. The van der Waals surface area contributed by atoms with Crippen LogP contribution in [0.15, 0.2) is 30.5 Å². The molecule has 1 aromatic carbocycles. The summed E-state index contributed by atoms with van der Waals surface area (Å²) in [6.45, 7) is 1.40. The van der Waals surface area contributed by atoms with Crippen molar-refractivity contribution in [2.24, 2.45) is 0 Å². The number of ether oxygens (including phenoxy) is 1. The standard InChI is InChI=1S/C13H11NO3/c1-8(15)10-7-14-11-6-4-3-5-9(11)12(10)13(16)17-2/h3-7H,1-2H3. The lowest BCUT2D eigenvalue weighted by Crippen LogP contribution is -2.10. The molecule has 0 fully saturated rings. The van der Waals surface area contributed by atoms with Crippen LogP contribution < -0.4 is 0 Å². The van der Waals surface area contributed by atoms with E-state index >= 15 is 0 Å². The number of esters is 1. The van der Waals surface area contributed by atoms with Crippen LogP contribution in [0, 0.1) is 0 Å². The molecule has 86 valence electrons. The number of nitrogens with zero attached hydrogens (tertiary/aromatic N) is 1. The molecule has 0 aliphatic rings. The Labute approximate surface area is 98.2 Å². The topological polar surface area (TPSA) is 56.3 Å². The van der Waals surface area contributed by atoms with Gasteiger partial charge in [0.15, 0.2) is 5.78 Å². The summed E-state index contributed by atoms with van der Waals surface area (Å²) >= 11 is 0. The average Bonchev–Trinajstić information content (AvgIpc) is 2.36. The number of benzene rings is 1. The van der Waals surface area contributed by atoms with Crippen molar-refractivity contribution >= 4 is 22.7 Å². The van der Waals surface area contributed by atoms with E-state index in [2.05, 4.69) is 4.98 Å². The number of para-hydroxylation sites is 1. The molecule has 2 aromatic rings. The Morgan fingerprint density at radius 3 is 2.59 bits per heavy atom. The normalized spacial score (nSPS) is 10.2. The second-order valence-electron chi connectivity index (χ2n) is 3.61. The number of carbonyl (C=O) groups excluding carboxylic acids is 2. The number of aromatic nitrogens is 1. The maximum absolute atomic E-state index is 11.8. The lowest BCUT2D eigenvalue weighted by molar-refractivity contribution is 0.0599. The summed E-state index contributed by atoms with van der Waals surface area (Å²) in [5.74, 6) is -0.725. The number of Topliss-reactive ketones (excluding diaryl/α,β-unsaturated/α-hetero) is 1. The summed E-state index contributed by atoms with van der Waals surface area (Å²) in [6.07, 6.45) is 1.41. The van der Waals surface area contributed by atoms with Gasteiger partial charge in [-0.1, -0.05) is 18.2 Å². The molecular weight excluding hydrogens is 218 g/mol. The highest BCUT2D eigenvalue weighted by Gasteiger charge is 2.18. The number of rotatable bonds is 2. The van der Waals surface area contributed by atoms with Gasteiger partial charge in [-0.2, -0.15) is 0 Å². The predicted molar refractivity (Wildman–Crippen MR) is 63.1 cm³/mol. The van der Waals surface area contributed by atoms with E-state index in [0.29, 0.717) is 10.9 Å². The SMILES string of the molecule is COC(=O)c1c(C(C)=O)cnc2ccccc12. The fraction of sp³-hybridized carbons (Fsp3) is 0.154. The van der Waals surface area contributed by atoms with E-state index in [1.54, 1.807) is 18.2 Å². The van der Waals surface area contributed by atoms with Crippen LogP contribution in [0.3, 0.4) is 0 Å². The molecule has 4 nitrogen and oxygen atoms in total. The van der Waals surface area contributed by atoms with Gasteiger partial charge in [0.1, 0.15) is 0 Å². The van der Waals surface area contributed by atoms with Crippen LogP contribution in [0.2, 0.25) is 0 Å². The maximum atomic E-state index is 11.8. The summed E-state index contributed by atoms with van der Waals surface area (Å²) in [4.78, 5) is 27.4. The second-order valence-corrected chi connectivity index (χ2v) is 3.61. The molecule has 0 radical (unpaired) electrons. The monoisotopic (exact) mass is 229 g/mol. The largest absolute Gasteiger partial charge is 0.465 e. The third kappa shape index (κ3) is 1.89. The molecule has 0 spiro atoms. The quantitative estimate of drug-likeness (QED) is 0.585. The number of fused-ring (bicyclic) bond motifs is 1. The molecule has 0 atom stereocenters. The van der Waals surface area contributed by atoms with Crippen molar-refractivity contribution in [3.05, 3.63) is 41.6 Å². The minimum atomic E-state index is -0.520. The zero-order valence-corrected chi connectivity index (χ0v) is 9.56. The molecule has 2 rings (SSSR count). The molecule has 0 saturated heterocycles. The Hall–Kier alpha value is -2.23. The number of methoxy groups -OCH3 is 1. The summed E-state index contributed by atoms with van der Waals surface area (Å²) in [5, 5.41) is 0.632. The Bertz CT molecular complexity index is 605. The Morgan fingerprint density at radius 2 is 1.94 bits per heavy atom. The van der Waals surface area contributed by atoms with E-state index < -0.39 is 5.97 Å². The number of carbonyl (C=O) groups is 2. The highest BCUT2D eigenvalue weighted by molar-refractivity contribution is 6.12. The zero-order chi connectivity index (χ0) is 12.4. The minimum Gasteiger partial charge on any atom is -0.465 e. The van der Waals surface area contributed by atoms with Crippen LogP contribution in [0.5, 0.6) is 0 Å². The molecule has 1 aromatic heterocycles. The van der Waals surface area contributed by atoms with Crippen LogP contribution in [0.4, 0.5) is 0 Å². The highest BCUT2D eigenvalue weighted by Crippen LogP contribution is 2.21. The molecule has 0 unspecified atom stereocenters. The van der Waals surface area contributed by atoms with Crippen LogP contribution in [-0.2, 0) is 4.74 Å². The van der Waals surface area contributed by atoms with Crippen LogP contribution in [0.1, 0.15) is 27.6 Å². The van der Waals surface area contributed by atoms with Gasteiger partial charge in [0.25, 0.3) is 0 Å². The Balaban J connectivity index is 2.84. The van der Waals surface area contributed by atoms with Gasteiger partial charge >= 0.3 is 5.97 Å². The molecule has 0 saturated carbocycles. The number of hydrogen-bond acceptors (Lipinski definition) is 4. The first-order valence-electron chi connectivity index (χ1n) is 5.12. The minimum absolute atomic E-state index is 0.205. The van der Waals surface area contributed by atoms with Gasteiger partial charge in [0, 0.05) is 11.6 Å². The van der Waals surface area contributed by atoms with E-state index in [1.807, 2.05) is 6.07 Å². The fourth-order valence-electron chi connectivity index (χ4n) is 1.73. The van der Waals surface area contributed by atoms with Gasteiger partial charge in [0.2, 0.25) is 0 Å². The first-order chi connectivity index (χ1) is 8.15. The van der Waals surface area contributed by atoms with Gasteiger partial charge in [-0.15, -0.1) is 0 Å². The van der Waals surface area contributed by atoms with Crippen LogP contribution >= 0.6 is 0 Å². The van der Waals surface area contributed by atoms with Gasteiger partial charge in [0.05, 0.1) is 23.8 Å². The highest BCUT2D eigenvalue weighted by atomic mass is 16.5. The van der Waals surface area contributed by atoms with Crippen LogP contribution in [0.25, 0.3) is 10.9 Å². The van der Waals surface area contributed by atoms with Crippen molar-refractivity contribution in [2.75, 3.05) is 7.11 Å². The van der Waals surface area contributed by atoms with E-state index in [0.717, 1.165) is 0 Å². The molecule has 1 heterocycles. The number of pyridine rings is 1. The summed E-state index contributed by atoms with van der Waals surface area (Å²) in [5.41, 5.74) is 1.24. The lowest BCUT2D eigenvalue weighted by atomic mass is 10.0. The van der Waals surface area contributed by atoms with Crippen LogP contribution in [-0.4, -0.2) is 23.8 Å². The van der Waals surface area contributed by atoms with Crippen molar-refractivity contribution in [2.45, 2.75) is 6.92 Å². The summed E-state index contributed by atoms with van der Waals surface area (Å²) < 4.78 is 4.72. The third-order valence-corrected chi connectivity index (χ3v) is 2.54. The average molecular weight is 229 g/mol. The molecule has 0 bridgehead atoms. The predicted octanol–water partition coefficient (Wildman–Crippen LogP) is 2.22. The van der Waals surface area contributed by atoms with Gasteiger partial charge in [-0.3, -0.25) is 9.78 Å². The summed E-state index contributed by atoms with van der Waals surface area (Å²) in [7, 11) is 1.29. The van der Waals surface area contributed by atoms with Gasteiger partial charge in [-0.25, -0.2) is 4.79 Å². The van der Waals surface area contributed by atoms with Crippen molar-refractivity contribution in [3.63, 3.8) is 0 Å². The van der Waals surface area contributed by atoms with E-state index in [9.17, 15) is 9.59 Å². The zero-order valence-electron chi connectivity index (χ0n) is 9.56.